The summed E-state index contributed by atoms with van der Waals surface area (Å²) in [6.45, 7) is 4.08. The number of aromatic nitrogens is 3. The standard InChI is InChI=1S/C9H11N3/c1-3-8-7-5-10-6(2)4-9(7)12-11-8/h4-5H,3H2,1-2H3,(H,11,12). The summed E-state index contributed by atoms with van der Waals surface area (Å²) >= 11 is 0. The molecule has 2 rings (SSSR count). The Bertz CT molecular complexity index is 403. The van der Waals surface area contributed by atoms with Gasteiger partial charge in [0, 0.05) is 23.0 Å². The number of hydrogen-bond acceptors (Lipinski definition) is 2. The molecule has 0 unspecified atom stereocenters. The Hall–Kier alpha value is -1.38. The Labute approximate surface area is 70.8 Å². The lowest BCUT2D eigenvalue weighted by atomic mass is 10.2. The number of nitrogens with zero attached hydrogens (tertiary/aromatic N) is 2. The van der Waals surface area contributed by atoms with Crippen LogP contribution in [0.25, 0.3) is 10.9 Å². The highest BCUT2D eigenvalue weighted by Crippen LogP contribution is 2.15. The molecule has 0 aliphatic carbocycles. The molecule has 2 aromatic heterocycles. The molecular formula is C9H11N3. The van der Waals surface area contributed by atoms with E-state index < -0.39 is 0 Å². The van der Waals surface area contributed by atoms with Crippen LogP contribution < -0.4 is 0 Å². The molecule has 0 bridgehead atoms. The van der Waals surface area contributed by atoms with E-state index in [2.05, 4.69) is 22.1 Å². The quantitative estimate of drug-likeness (QED) is 0.693. The molecule has 62 valence electrons. The van der Waals surface area contributed by atoms with Gasteiger partial charge in [0.05, 0.1) is 5.52 Å². The van der Waals surface area contributed by atoms with E-state index in [1.807, 2.05) is 19.2 Å². The van der Waals surface area contributed by atoms with Gasteiger partial charge in [0.15, 0.2) is 0 Å². The minimum absolute atomic E-state index is 0.973. The van der Waals surface area contributed by atoms with Crippen LogP contribution in [0.1, 0.15) is 18.3 Å². The van der Waals surface area contributed by atoms with E-state index in [4.69, 9.17) is 0 Å². The van der Waals surface area contributed by atoms with E-state index in [0.717, 1.165) is 28.7 Å². The zero-order valence-corrected chi connectivity index (χ0v) is 7.26. The number of fused-ring (bicyclic) bond motifs is 1. The van der Waals surface area contributed by atoms with Crippen LogP contribution in [0.3, 0.4) is 0 Å². The van der Waals surface area contributed by atoms with Gasteiger partial charge in [-0.15, -0.1) is 0 Å². The van der Waals surface area contributed by atoms with Crippen molar-refractivity contribution in [3.8, 4) is 0 Å². The minimum atomic E-state index is 0.973. The Kier molecular flexibility index (Phi) is 1.57. The molecule has 0 radical (unpaired) electrons. The van der Waals surface area contributed by atoms with Crippen molar-refractivity contribution in [2.24, 2.45) is 0 Å². The Morgan fingerprint density at radius 3 is 3.08 bits per heavy atom. The smallest absolute Gasteiger partial charge is 0.0957 e. The predicted molar refractivity (Wildman–Crippen MR) is 48.0 cm³/mol. The normalized spacial score (nSPS) is 10.8. The lowest BCUT2D eigenvalue weighted by Crippen LogP contribution is -1.81. The molecule has 12 heavy (non-hydrogen) atoms. The number of aromatic amines is 1. The van der Waals surface area contributed by atoms with E-state index >= 15 is 0 Å². The van der Waals surface area contributed by atoms with Crippen molar-refractivity contribution in [1.29, 1.82) is 0 Å². The maximum absolute atomic E-state index is 4.23. The summed E-state index contributed by atoms with van der Waals surface area (Å²) in [7, 11) is 0. The van der Waals surface area contributed by atoms with E-state index in [-0.39, 0.29) is 0 Å². The molecule has 0 atom stereocenters. The van der Waals surface area contributed by atoms with Crippen LogP contribution in [0.15, 0.2) is 12.3 Å². The second-order valence-corrected chi connectivity index (χ2v) is 2.90. The third-order valence-electron chi connectivity index (χ3n) is 2.01. The number of rotatable bonds is 1. The van der Waals surface area contributed by atoms with Crippen LogP contribution in [0.4, 0.5) is 0 Å². The van der Waals surface area contributed by atoms with Gasteiger partial charge in [-0.3, -0.25) is 10.1 Å². The van der Waals surface area contributed by atoms with Crippen molar-refractivity contribution in [3.63, 3.8) is 0 Å². The van der Waals surface area contributed by atoms with Gasteiger partial charge in [-0.25, -0.2) is 0 Å². The summed E-state index contributed by atoms with van der Waals surface area (Å²) in [4.78, 5) is 4.23. The van der Waals surface area contributed by atoms with Crippen molar-refractivity contribution in [3.05, 3.63) is 23.7 Å². The minimum Gasteiger partial charge on any atom is -0.281 e. The van der Waals surface area contributed by atoms with Gasteiger partial charge in [0.25, 0.3) is 0 Å². The van der Waals surface area contributed by atoms with Crippen molar-refractivity contribution in [2.75, 3.05) is 0 Å². The highest BCUT2D eigenvalue weighted by Gasteiger charge is 2.02. The first kappa shape index (κ1) is 7.28. The second kappa shape index (κ2) is 2.59. The number of hydrogen-bond donors (Lipinski definition) is 1. The van der Waals surface area contributed by atoms with E-state index in [1.165, 1.54) is 0 Å². The first-order valence-corrected chi connectivity index (χ1v) is 4.11. The molecule has 0 aliphatic rings. The number of pyridine rings is 1. The molecule has 0 spiro atoms. The Morgan fingerprint density at radius 2 is 2.33 bits per heavy atom. The van der Waals surface area contributed by atoms with Crippen LogP contribution in [0.5, 0.6) is 0 Å². The SMILES string of the molecule is CCc1[nH]nc2cc(C)ncc12. The summed E-state index contributed by atoms with van der Waals surface area (Å²) in [5, 5.41) is 8.33. The molecule has 0 aliphatic heterocycles. The first-order valence-electron chi connectivity index (χ1n) is 4.11. The summed E-state index contributed by atoms with van der Waals surface area (Å²) in [6, 6.07) is 1.99. The summed E-state index contributed by atoms with van der Waals surface area (Å²) in [6.07, 6.45) is 2.86. The van der Waals surface area contributed by atoms with E-state index in [0.29, 0.717) is 0 Å². The highest BCUT2D eigenvalue weighted by molar-refractivity contribution is 5.80. The van der Waals surface area contributed by atoms with E-state index in [1.54, 1.807) is 0 Å². The van der Waals surface area contributed by atoms with Crippen LogP contribution in [-0.4, -0.2) is 15.2 Å². The second-order valence-electron chi connectivity index (χ2n) is 2.90. The zero-order valence-electron chi connectivity index (χ0n) is 7.26. The number of aryl methyl sites for hydroxylation is 2. The van der Waals surface area contributed by atoms with Crippen LogP contribution >= 0.6 is 0 Å². The van der Waals surface area contributed by atoms with Crippen LogP contribution in [0.2, 0.25) is 0 Å². The molecule has 0 amide bonds. The van der Waals surface area contributed by atoms with Gasteiger partial charge in [-0.05, 0) is 19.4 Å². The maximum Gasteiger partial charge on any atom is 0.0957 e. The third-order valence-corrected chi connectivity index (χ3v) is 2.01. The molecule has 0 aromatic carbocycles. The van der Waals surface area contributed by atoms with E-state index in [9.17, 15) is 0 Å². The maximum atomic E-state index is 4.23. The third kappa shape index (κ3) is 0.978. The lowest BCUT2D eigenvalue weighted by Gasteiger charge is -1.92. The van der Waals surface area contributed by atoms with Crippen molar-refractivity contribution in [1.82, 2.24) is 15.2 Å². The van der Waals surface area contributed by atoms with Gasteiger partial charge < -0.3 is 0 Å². The topological polar surface area (TPSA) is 41.6 Å². The fraction of sp³-hybridized carbons (Fsp3) is 0.333. The van der Waals surface area contributed by atoms with Crippen LogP contribution in [-0.2, 0) is 6.42 Å². The molecule has 0 saturated heterocycles. The van der Waals surface area contributed by atoms with Crippen molar-refractivity contribution >= 4 is 10.9 Å². The monoisotopic (exact) mass is 161 g/mol. The number of H-pyrrole nitrogens is 1. The molecule has 0 fully saturated rings. The highest BCUT2D eigenvalue weighted by atomic mass is 15.1. The molecule has 3 heteroatoms. The fourth-order valence-electron chi connectivity index (χ4n) is 1.33. The Morgan fingerprint density at radius 1 is 1.50 bits per heavy atom. The molecule has 2 aromatic rings. The average molecular weight is 161 g/mol. The largest absolute Gasteiger partial charge is 0.281 e. The van der Waals surface area contributed by atoms with Gasteiger partial charge >= 0.3 is 0 Å². The molecule has 2 heterocycles. The van der Waals surface area contributed by atoms with Crippen molar-refractivity contribution in [2.45, 2.75) is 20.3 Å². The van der Waals surface area contributed by atoms with Gasteiger partial charge in [0.1, 0.15) is 0 Å². The predicted octanol–water partition coefficient (Wildman–Crippen LogP) is 1.83. The van der Waals surface area contributed by atoms with Gasteiger partial charge in [0.2, 0.25) is 0 Å². The van der Waals surface area contributed by atoms with Crippen LogP contribution in [0, 0.1) is 6.92 Å². The lowest BCUT2D eigenvalue weighted by molar-refractivity contribution is 0.988. The summed E-state index contributed by atoms with van der Waals surface area (Å²) < 4.78 is 0. The summed E-state index contributed by atoms with van der Waals surface area (Å²) in [5.74, 6) is 0. The Balaban J connectivity index is 2.73. The molecule has 3 nitrogen and oxygen atoms in total. The average Bonchev–Trinajstić information content (AvgIpc) is 2.46. The number of nitrogens with one attached hydrogen (secondary N) is 1. The van der Waals surface area contributed by atoms with Gasteiger partial charge in [-0.2, -0.15) is 5.10 Å². The first-order chi connectivity index (χ1) is 5.81. The molecule has 0 saturated carbocycles. The molecular weight excluding hydrogens is 150 g/mol. The van der Waals surface area contributed by atoms with Crippen molar-refractivity contribution < 1.29 is 0 Å². The van der Waals surface area contributed by atoms with Gasteiger partial charge in [-0.1, -0.05) is 6.92 Å². The fourth-order valence-corrected chi connectivity index (χ4v) is 1.33. The molecule has 1 N–H and O–H groups in total. The zero-order chi connectivity index (χ0) is 8.55. The summed E-state index contributed by atoms with van der Waals surface area (Å²) in [5.41, 5.74) is 3.19.